The van der Waals surface area contributed by atoms with Crippen molar-refractivity contribution in [3.05, 3.63) is 0 Å². The number of carbonyl (C=O) groups is 1. The van der Waals surface area contributed by atoms with Crippen LogP contribution in [-0.4, -0.2) is 49.7 Å². The number of hydrogen-bond donors (Lipinski definition) is 0. The van der Waals surface area contributed by atoms with E-state index in [1.807, 2.05) is 0 Å². The minimum Gasteiger partial charge on any atom is -1.00 e. The normalized spacial score (nSPS) is 12.3. The summed E-state index contributed by atoms with van der Waals surface area (Å²) in [7, 11) is 2.45. The van der Waals surface area contributed by atoms with Gasteiger partial charge in [0, 0.05) is 13.0 Å². The van der Waals surface area contributed by atoms with E-state index in [1.165, 1.54) is 212 Å². The monoisotopic (exact) mass is 714 g/mol. The Morgan fingerprint density at radius 2 is 0.714 bits per heavy atom. The third-order valence-electron chi connectivity index (χ3n) is 10.9. The Morgan fingerprint density at radius 3 is 1.06 bits per heavy atom. The highest BCUT2D eigenvalue weighted by Gasteiger charge is 2.30. The summed E-state index contributed by atoms with van der Waals surface area (Å²) in [6.45, 7) is 13.2. The lowest BCUT2D eigenvalue weighted by atomic mass is 10.0. The third kappa shape index (κ3) is 36.0. The van der Waals surface area contributed by atoms with Crippen molar-refractivity contribution in [2.75, 3.05) is 33.3 Å². The largest absolute Gasteiger partial charge is 1.00 e. The van der Waals surface area contributed by atoms with Crippen molar-refractivity contribution in [3.8, 4) is 0 Å². The topological polar surface area (TPSA) is 26.3 Å². The molecule has 0 fully saturated rings. The molecule has 3 nitrogen and oxygen atoms in total. The van der Waals surface area contributed by atoms with E-state index in [2.05, 4.69) is 34.7 Å². The molecule has 0 saturated heterocycles. The van der Waals surface area contributed by atoms with Crippen LogP contribution in [0, 0.1) is 0 Å². The lowest BCUT2D eigenvalue weighted by Crippen LogP contribution is -3.00. The molecular weight excluding hydrogens is 622 g/mol. The van der Waals surface area contributed by atoms with Gasteiger partial charge in [-0.15, -0.1) is 0 Å². The maximum Gasteiger partial charge on any atom is 0.167 e. The van der Waals surface area contributed by atoms with Crippen molar-refractivity contribution < 1.29 is 26.4 Å². The second kappa shape index (κ2) is 40.6. The van der Waals surface area contributed by atoms with Crippen molar-refractivity contribution >= 4 is 5.78 Å². The number of rotatable bonds is 41. The van der Waals surface area contributed by atoms with Gasteiger partial charge in [0.2, 0.25) is 0 Å². The molecule has 0 aromatic rings. The number of nitrogens with zero attached hydrogens (tertiary/aromatic N) is 1. The highest BCUT2D eigenvalue weighted by Crippen LogP contribution is 2.19. The average Bonchev–Trinajstić information content (AvgIpc) is 3.08. The molecule has 0 heterocycles. The summed E-state index contributed by atoms with van der Waals surface area (Å²) in [5, 5.41) is 0. The highest BCUT2D eigenvalue weighted by molar-refractivity contribution is 5.83. The molecule has 296 valence electrons. The van der Waals surface area contributed by atoms with Gasteiger partial charge >= 0.3 is 0 Å². The molecule has 0 aliphatic heterocycles. The fraction of sp³-hybridized carbons (Fsp3) is 0.978. The van der Waals surface area contributed by atoms with E-state index in [1.54, 1.807) is 0 Å². The molecule has 49 heavy (non-hydrogen) atoms. The molecule has 0 amide bonds. The maximum absolute atomic E-state index is 13.7. The summed E-state index contributed by atoms with van der Waals surface area (Å²) in [6.07, 6.45) is 44.6. The predicted molar refractivity (Wildman–Crippen MR) is 215 cm³/mol. The van der Waals surface area contributed by atoms with Gasteiger partial charge in [-0.3, -0.25) is 4.79 Å². The van der Waals surface area contributed by atoms with Crippen LogP contribution in [0.3, 0.4) is 0 Å². The van der Waals surface area contributed by atoms with Crippen LogP contribution in [-0.2, 0) is 9.53 Å². The number of hydrogen-bond acceptors (Lipinski definition) is 2. The van der Waals surface area contributed by atoms with Crippen LogP contribution in [0.2, 0.25) is 0 Å². The number of halogens is 1. The second-order valence-corrected chi connectivity index (χ2v) is 16.1. The van der Waals surface area contributed by atoms with Crippen LogP contribution in [0.15, 0.2) is 0 Å². The minimum absolute atomic E-state index is 0. The van der Waals surface area contributed by atoms with Gasteiger partial charge in [0.1, 0.15) is 6.54 Å². The molecule has 0 saturated carbocycles. The van der Waals surface area contributed by atoms with Crippen LogP contribution in [0.5, 0.6) is 0 Å². The summed E-state index contributed by atoms with van der Waals surface area (Å²) >= 11 is 0. The van der Waals surface area contributed by atoms with Gasteiger partial charge < -0.3 is 21.6 Å². The number of Topliss-reactive ketones (excluding diaryl/α,β-unsaturated/α-hetero) is 1. The quantitative estimate of drug-likeness (QED) is 0.0466. The first kappa shape index (κ1) is 51.0. The van der Waals surface area contributed by atoms with Crippen molar-refractivity contribution in [3.63, 3.8) is 0 Å². The van der Waals surface area contributed by atoms with Crippen molar-refractivity contribution in [2.45, 2.75) is 252 Å². The van der Waals surface area contributed by atoms with Gasteiger partial charge in [-0.25, -0.2) is 0 Å². The molecule has 0 N–H and O–H groups in total. The number of carbonyl (C=O) groups excluding carboxylic acids is 1. The lowest BCUT2D eigenvalue weighted by molar-refractivity contribution is -0.912. The Balaban J connectivity index is 0. The maximum atomic E-state index is 13.7. The molecule has 0 aromatic heterocycles. The fourth-order valence-electron chi connectivity index (χ4n) is 7.43. The van der Waals surface area contributed by atoms with E-state index in [0.29, 0.717) is 12.2 Å². The van der Waals surface area contributed by atoms with Crippen molar-refractivity contribution in [2.24, 2.45) is 0 Å². The second-order valence-electron chi connectivity index (χ2n) is 16.1. The number of unbranched alkanes of at least 4 members (excludes halogenated alkanes) is 29. The molecule has 0 aromatic carbocycles. The van der Waals surface area contributed by atoms with E-state index < -0.39 is 0 Å². The highest BCUT2D eigenvalue weighted by atomic mass is 35.5. The van der Waals surface area contributed by atoms with E-state index in [0.717, 1.165) is 30.5 Å². The molecule has 0 bridgehead atoms. The summed E-state index contributed by atoms with van der Waals surface area (Å²) in [4.78, 5) is 13.7. The molecule has 0 spiro atoms. The summed E-state index contributed by atoms with van der Waals surface area (Å²) in [6, 6.07) is 0. The van der Waals surface area contributed by atoms with Crippen LogP contribution < -0.4 is 12.4 Å². The third-order valence-corrected chi connectivity index (χ3v) is 10.9. The predicted octanol–water partition coefficient (Wildman–Crippen LogP) is 11.7. The molecule has 4 heteroatoms. The van der Waals surface area contributed by atoms with E-state index >= 15 is 0 Å². The van der Waals surface area contributed by atoms with Crippen molar-refractivity contribution in [1.82, 2.24) is 0 Å². The Labute approximate surface area is 316 Å². The minimum atomic E-state index is -0.211. The van der Waals surface area contributed by atoms with Crippen LogP contribution in [0.25, 0.3) is 0 Å². The van der Waals surface area contributed by atoms with Gasteiger partial charge in [0.25, 0.3) is 0 Å². The first-order chi connectivity index (χ1) is 23.5. The van der Waals surface area contributed by atoms with Gasteiger partial charge in [0.15, 0.2) is 11.9 Å². The number of quaternary nitrogens is 1. The van der Waals surface area contributed by atoms with Crippen molar-refractivity contribution in [1.29, 1.82) is 0 Å². The Bertz CT molecular complexity index is 626. The van der Waals surface area contributed by atoms with Gasteiger partial charge in [0.05, 0.1) is 20.1 Å². The molecular formula is C45H92ClNO2. The zero-order chi connectivity index (χ0) is 35.2. The van der Waals surface area contributed by atoms with Gasteiger partial charge in [-0.05, 0) is 38.5 Å². The zero-order valence-corrected chi connectivity index (χ0v) is 35.3. The van der Waals surface area contributed by atoms with E-state index in [9.17, 15) is 4.79 Å². The van der Waals surface area contributed by atoms with Crippen LogP contribution in [0.4, 0.5) is 0 Å². The smallest absolute Gasteiger partial charge is 0.167 e. The van der Waals surface area contributed by atoms with Gasteiger partial charge in [-0.2, -0.15) is 0 Å². The van der Waals surface area contributed by atoms with Crippen LogP contribution >= 0.6 is 0 Å². The van der Waals surface area contributed by atoms with E-state index in [-0.39, 0.29) is 18.5 Å². The summed E-state index contributed by atoms with van der Waals surface area (Å²) in [5.74, 6) is 0.395. The lowest BCUT2D eigenvalue weighted by Gasteiger charge is -2.37. The SMILES string of the molecule is CCCCCCCCCCCCCCOC(C[N+](C)(CCCCCCCC)CCCCCCCC)C(=O)CCCCCCCCCCC.[Cl-]. The summed E-state index contributed by atoms with van der Waals surface area (Å²) < 4.78 is 7.60. The molecule has 0 rings (SSSR count). The standard InChI is InChI=1S/C45H92NO2.ClH/c1-6-10-14-18-22-24-25-26-28-30-34-38-42-48-45(44(47)39-35-31-29-27-23-19-15-11-7-2)43-46(5,40-36-32-20-16-12-8-3)41-37-33-21-17-13-9-4;/h45H,6-43H2,1-5H3;1H/q+1;/p-1. The number of likely N-dealkylation sites (N-methyl/N-ethyl adjacent to an activating group) is 1. The summed E-state index contributed by atoms with van der Waals surface area (Å²) in [5.41, 5.74) is 0. The molecule has 0 aliphatic rings. The van der Waals surface area contributed by atoms with E-state index in [4.69, 9.17) is 4.74 Å². The molecule has 1 unspecified atom stereocenters. The fourth-order valence-corrected chi connectivity index (χ4v) is 7.43. The number of ketones is 1. The van der Waals surface area contributed by atoms with Crippen LogP contribution in [0.1, 0.15) is 246 Å². The Kier molecular flexibility index (Phi) is 42.3. The molecule has 1 atom stereocenters. The number of ether oxygens (including phenoxy) is 1. The zero-order valence-electron chi connectivity index (χ0n) is 34.6. The average molecular weight is 715 g/mol. The molecule has 0 aliphatic carbocycles. The first-order valence-electron chi connectivity index (χ1n) is 22.5. The molecule has 0 radical (unpaired) electrons. The Hall–Kier alpha value is -0.120. The first-order valence-corrected chi connectivity index (χ1v) is 22.5. The Morgan fingerprint density at radius 1 is 0.429 bits per heavy atom. The van der Waals surface area contributed by atoms with Gasteiger partial charge in [-0.1, -0.05) is 201 Å².